The Hall–Kier alpha value is -0.950. The number of nitrogens with zero attached hydrogens (tertiary/aromatic N) is 1. The lowest BCUT2D eigenvalue weighted by atomic mass is 10.2. The number of hydrazine groups is 1. The second-order valence-corrected chi connectivity index (χ2v) is 5.62. The monoisotopic (exact) mass is 269 g/mol. The fraction of sp³-hybridized carbons (Fsp3) is 0.583. The largest absolute Gasteiger partial charge is 0.373 e. The van der Waals surface area contributed by atoms with Gasteiger partial charge >= 0.3 is 0 Å². The van der Waals surface area contributed by atoms with Crippen molar-refractivity contribution in [3.63, 3.8) is 0 Å². The summed E-state index contributed by atoms with van der Waals surface area (Å²) in [5.74, 6) is 4.97. The maximum absolute atomic E-state index is 11.6. The molecular weight excluding hydrogens is 250 g/mol. The number of rotatable bonds is 3. The van der Waals surface area contributed by atoms with Crippen LogP contribution in [0.3, 0.4) is 0 Å². The van der Waals surface area contributed by atoms with Crippen molar-refractivity contribution < 1.29 is 9.53 Å². The van der Waals surface area contributed by atoms with Crippen LogP contribution in [-0.2, 0) is 11.3 Å². The van der Waals surface area contributed by atoms with E-state index in [1.807, 2.05) is 11.4 Å². The predicted octanol–water partition coefficient (Wildman–Crippen LogP) is 0.961. The first kappa shape index (κ1) is 13.5. The van der Waals surface area contributed by atoms with Crippen LogP contribution in [0.5, 0.6) is 0 Å². The highest BCUT2D eigenvalue weighted by molar-refractivity contribution is 7.12. The Morgan fingerprint density at radius 2 is 2.22 bits per heavy atom. The van der Waals surface area contributed by atoms with Gasteiger partial charge in [-0.05, 0) is 30.9 Å². The summed E-state index contributed by atoms with van der Waals surface area (Å²) in [4.78, 5) is 14.6. The van der Waals surface area contributed by atoms with Crippen LogP contribution in [0.4, 0.5) is 0 Å². The van der Waals surface area contributed by atoms with Crippen molar-refractivity contribution in [3.05, 3.63) is 21.9 Å². The number of nitrogens with one attached hydrogen (secondary N) is 1. The van der Waals surface area contributed by atoms with Crippen LogP contribution in [0.15, 0.2) is 11.4 Å². The molecule has 0 bridgehead atoms. The highest BCUT2D eigenvalue weighted by atomic mass is 32.1. The summed E-state index contributed by atoms with van der Waals surface area (Å²) in [6.45, 7) is 6.70. The number of ether oxygens (including phenoxy) is 1. The topological polar surface area (TPSA) is 67.6 Å². The number of thiophene rings is 1. The molecule has 6 heteroatoms. The first-order chi connectivity index (χ1) is 8.60. The van der Waals surface area contributed by atoms with Crippen molar-refractivity contribution in [3.8, 4) is 0 Å². The summed E-state index contributed by atoms with van der Waals surface area (Å²) in [5, 5.41) is 1.92. The molecule has 1 fully saturated rings. The summed E-state index contributed by atoms with van der Waals surface area (Å²) in [6.07, 6.45) is 0.471. The number of amides is 1. The van der Waals surface area contributed by atoms with E-state index in [-0.39, 0.29) is 18.1 Å². The second kappa shape index (κ2) is 5.79. The molecule has 1 aromatic rings. The zero-order valence-corrected chi connectivity index (χ0v) is 11.5. The first-order valence-corrected chi connectivity index (χ1v) is 6.93. The van der Waals surface area contributed by atoms with E-state index in [0.717, 1.165) is 25.2 Å². The third-order valence-corrected chi connectivity index (χ3v) is 3.93. The van der Waals surface area contributed by atoms with E-state index in [4.69, 9.17) is 10.6 Å². The normalized spacial score (nSPS) is 25.1. The van der Waals surface area contributed by atoms with E-state index in [1.54, 1.807) is 0 Å². The lowest BCUT2D eigenvalue weighted by Crippen LogP contribution is -2.45. The summed E-state index contributed by atoms with van der Waals surface area (Å²) >= 11 is 1.42. The lowest BCUT2D eigenvalue weighted by Gasteiger charge is -2.35. The Morgan fingerprint density at radius 1 is 1.56 bits per heavy atom. The van der Waals surface area contributed by atoms with Gasteiger partial charge < -0.3 is 4.74 Å². The number of nitrogen functional groups attached to an aromatic ring is 1. The second-order valence-electron chi connectivity index (χ2n) is 4.70. The van der Waals surface area contributed by atoms with E-state index in [0.29, 0.717) is 4.88 Å². The van der Waals surface area contributed by atoms with Gasteiger partial charge in [-0.25, -0.2) is 5.84 Å². The van der Waals surface area contributed by atoms with Gasteiger partial charge in [-0.3, -0.25) is 15.1 Å². The zero-order chi connectivity index (χ0) is 13.1. The number of nitrogens with two attached hydrogens (primary N) is 1. The van der Waals surface area contributed by atoms with Crippen molar-refractivity contribution in [1.82, 2.24) is 10.3 Å². The zero-order valence-electron chi connectivity index (χ0n) is 10.7. The van der Waals surface area contributed by atoms with Gasteiger partial charge in [0.15, 0.2) is 0 Å². The average Bonchev–Trinajstić information content (AvgIpc) is 2.74. The molecule has 2 atom stereocenters. The van der Waals surface area contributed by atoms with Gasteiger partial charge in [0.2, 0.25) is 0 Å². The quantitative estimate of drug-likeness (QED) is 0.487. The highest BCUT2D eigenvalue weighted by Gasteiger charge is 2.23. The molecule has 2 unspecified atom stereocenters. The molecule has 1 amide bonds. The fourth-order valence-electron chi connectivity index (χ4n) is 2.38. The van der Waals surface area contributed by atoms with E-state index in [2.05, 4.69) is 24.2 Å². The maximum Gasteiger partial charge on any atom is 0.275 e. The summed E-state index contributed by atoms with van der Waals surface area (Å²) in [5.41, 5.74) is 3.22. The molecule has 1 aliphatic rings. The molecule has 3 N–H and O–H groups in total. The van der Waals surface area contributed by atoms with Crippen LogP contribution in [0, 0.1) is 0 Å². The van der Waals surface area contributed by atoms with Gasteiger partial charge in [-0.15, -0.1) is 11.3 Å². The summed E-state index contributed by atoms with van der Waals surface area (Å²) in [7, 11) is 0. The highest BCUT2D eigenvalue weighted by Crippen LogP contribution is 2.20. The molecule has 100 valence electrons. The number of hydrogen-bond donors (Lipinski definition) is 2. The van der Waals surface area contributed by atoms with Crippen molar-refractivity contribution in [1.29, 1.82) is 0 Å². The van der Waals surface area contributed by atoms with Crippen LogP contribution >= 0.6 is 11.3 Å². The summed E-state index contributed by atoms with van der Waals surface area (Å²) < 4.78 is 5.70. The summed E-state index contributed by atoms with van der Waals surface area (Å²) in [6, 6.07) is 1.99. The van der Waals surface area contributed by atoms with Crippen LogP contribution in [0.1, 0.15) is 29.1 Å². The minimum absolute atomic E-state index is 0.214. The number of hydrogen-bond acceptors (Lipinski definition) is 5. The molecule has 2 heterocycles. The minimum atomic E-state index is -0.214. The van der Waals surface area contributed by atoms with Crippen LogP contribution in [-0.4, -0.2) is 36.1 Å². The molecule has 18 heavy (non-hydrogen) atoms. The SMILES string of the molecule is CC1CN(Cc2ccsc2C(=O)NN)CC(C)O1. The minimum Gasteiger partial charge on any atom is -0.373 e. The van der Waals surface area contributed by atoms with E-state index in [9.17, 15) is 4.79 Å². The van der Waals surface area contributed by atoms with Gasteiger partial charge in [-0.1, -0.05) is 0 Å². The van der Waals surface area contributed by atoms with Gasteiger partial charge in [-0.2, -0.15) is 0 Å². The molecule has 0 aliphatic carbocycles. The number of morpholine rings is 1. The number of carbonyl (C=O) groups excluding carboxylic acids is 1. The molecular formula is C12H19N3O2S. The van der Waals surface area contributed by atoms with Crippen molar-refractivity contribution in [2.24, 2.45) is 5.84 Å². The molecule has 1 aliphatic heterocycles. The molecule has 0 saturated carbocycles. The van der Waals surface area contributed by atoms with Gasteiger partial charge in [0, 0.05) is 19.6 Å². The van der Waals surface area contributed by atoms with Crippen LogP contribution in [0.25, 0.3) is 0 Å². The molecule has 0 spiro atoms. The van der Waals surface area contributed by atoms with Crippen molar-refractivity contribution in [2.45, 2.75) is 32.6 Å². The Bertz CT molecular complexity index is 411. The molecule has 0 aromatic carbocycles. The third kappa shape index (κ3) is 3.08. The van der Waals surface area contributed by atoms with E-state index < -0.39 is 0 Å². The Morgan fingerprint density at radius 3 is 2.83 bits per heavy atom. The maximum atomic E-state index is 11.6. The average molecular weight is 269 g/mol. The molecule has 1 saturated heterocycles. The fourth-order valence-corrected chi connectivity index (χ4v) is 3.20. The van der Waals surface area contributed by atoms with Crippen molar-refractivity contribution in [2.75, 3.05) is 13.1 Å². The molecule has 0 radical (unpaired) electrons. The Labute approximate surface area is 111 Å². The van der Waals surface area contributed by atoms with Crippen LogP contribution in [0.2, 0.25) is 0 Å². The van der Waals surface area contributed by atoms with Gasteiger partial charge in [0.05, 0.1) is 17.1 Å². The smallest absolute Gasteiger partial charge is 0.275 e. The first-order valence-electron chi connectivity index (χ1n) is 6.05. The lowest BCUT2D eigenvalue weighted by molar-refractivity contribution is -0.0704. The van der Waals surface area contributed by atoms with Crippen molar-refractivity contribution >= 4 is 17.2 Å². The van der Waals surface area contributed by atoms with Gasteiger partial charge in [0.1, 0.15) is 0 Å². The molecule has 5 nitrogen and oxygen atoms in total. The third-order valence-electron chi connectivity index (χ3n) is 2.97. The number of carbonyl (C=O) groups is 1. The Balaban J connectivity index is 2.05. The van der Waals surface area contributed by atoms with E-state index >= 15 is 0 Å². The van der Waals surface area contributed by atoms with Crippen LogP contribution < -0.4 is 11.3 Å². The standard InChI is InChI=1S/C12H19N3O2S/c1-8-5-15(6-9(2)17-8)7-10-3-4-18-11(10)12(16)14-13/h3-4,8-9H,5-7,13H2,1-2H3,(H,14,16). The predicted molar refractivity (Wildman–Crippen MR) is 71.3 cm³/mol. The van der Waals surface area contributed by atoms with Gasteiger partial charge in [0.25, 0.3) is 5.91 Å². The Kier molecular flexibility index (Phi) is 4.34. The molecule has 1 aromatic heterocycles. The molecule has 2 rings (SSSR count). The van der Waals surface area contributed by atoms with E-state index in [1.165, 1.54) is 11.3 Å².